The fraction of sp³-hybridized carbons (Fsp3) is 0.667. The Morgan fingerprint density at radius 3 is 2.38 bits per heavy atom. The molecule has 3 heteroatoms. The molecule has 1 aliphatic rings. The van der Waals surface area contributed by atoms with Crippen LogP contribution in [0, 0.1) is 0 Å². The lowest BCUT2D eigenvalue weighted by molar-refractivity contribution is -0.914. The van der Waals surface area contributed by atoms with E-state index in [2.05, 4.69) is 13.1 Å². The highest BCUT2D eigenvalue weighted by atomic mass is 15.3. The SMILES string of the molecule is C[N+]1(CCCCCCc2ccc(N)cc2N)CCCCC1. The van der Waals surface area contributed by atoms with Crippen molar-refractivity contribution in [2.24, 2.45) is 0 Å². The number of unbranched alkanes of at least 4 members (excludes halogenated alkanes) is 3. The minimum atomic E-state index is 0.759. The maximum atomic E-state index is 5.99. The minimum Gasteiger partial charge on any atom is -0.399 e. The lowest BCUT2D eigenvalue weighted by Crippen LogP contribution is -2.48. The molecule has 0 aliphatic carbocycles. The minimum absolute atomic E-state index is 0.759. The van der Waals surface area contributed by atoms with E-state index in [1.54, 1.807) is 0 Å². The Balaban J connectivity index is 1.59. The zero-order valence-corrected chi connectivity index (χ0v) is 13.6. The maximum Gasteiger partial charge on any atom is 0.0784 e. The molecule has 0 spiro atoms. The van der Waals surface area contributed by atoms with Crippen LogP contribution in [0.5, 0.6) is 0 Å². The summed E-state index contributed by atoms with van der Waals surface area (Å²) in [5.41, 5.74) is 14.6. The number of anilines is 2. The Hall–Kier alpha value is -1.22. The van der Waals surface area contributed by atoms with E-state index in [1.807, 2.05) is 12.1 Å². The van der Waals surface area contributed by atoms with Crippen LogP contribution in [0.2, 0.25) is 0 Å². The molecular weight excluding hydrogens is 258 g/mol. The summed E-state index contributed by atoms with van der Waals surface area (Å²) >= 11 is 0. The smallest absolute Gasteiger partial charge is 0.0784 e. The Kier molecular flexibility index (Phi) is 5.92. The molecule has 1 aromatic carbocycles. The number of piperidine rings is 1. The summed E-state index contributed by atoms with van der Waals surface area (Å²) in [4.78, 5) is 0. The van der Waals surface area contributed by atoms with E-state index in [0.29, 0.717) is 0 Å². The normalized spacial score (nSPS) is 17.8. The Labute approximate surface area is 129 Å². The van der Waals surface area contributed by atoms with Crippen LogP contribution in [0.25, 0.3) is 0 Å². The molecule has 1 fully saturated rings. The summed E-state index contributed by atoms with van der Waals surface area (Å²) in [5.74, 6) is 0. The number of aryl methyl sites for hydroxylation is 1. The monoisotopic (exact) mass is 290 g/mol. The zero-order valence-electron chi connectivity index (χ0n) is 13.6. The van der Waals surface area contributed by atoms with E-state index in [0.717, 1.165) is 17.8 Å². The molecule has 1 aromatic rings. The van der Waals surface area contributed by atoms with Crippen LogP contribution in [0.15, 0.2) is 18.2 Å². The molecule has 0 radical (unpaired) electrons. The largest absolute Gasteiger partial charge is 0.399 e. The first-order valence-corrected chi connectivity index (χ1v) is 8.56. The number of hydrogen-bond donors (Lipinski definition) is 2. The molecule has 4 N–H and O–H groups in total. The van der Waals surface area contributed by atoms with Gasteiger partial charge in [0, 0.05) is 11.4 Å². The van der Waals surface area contributed by atoms with Gasteiger partial charge in [-0.1, -0.05) is 12.5 Å². The van der Waals surface area contributed by atoms with Crippen LogP contribution in [0.4, 0.5) is 11.4 Å². The van der Waals surface area contributed by atoms with Gasteiger partial charge < -0.3 is 16.0 Å². The second-order valence-corrected chi connectivity index (χ2v) is 6.97. The molecule has 118 valence electrons. The number of nitrogen functional groups attached to an aromatic ring is 2. The van der Waals surface area contributed by atoms with Crippen molar-refractivity contribution in [2.75, 3.05) is 38.1 Å². The fourth-order valence-corrected chi connectivity index (χ4v) is 3.50. The molecule has 1 saturated heterocycles. The zero-order chi connectivity index (χ0) is 15.1. The lowest BCUT2D eigenvalue weighted by Gasteiger charge is -2.37. The van der Waals surface area contributed by atoms with Gasteiger partial charge in [-0.05, 0) is 62.6 Å². The number of nitrogens with zero attached hydrogens (tertiary/aromatic N) is 1. The van der Waals surface area contributed by atoms with E-state index < -0.39 is 0 Å². The molecule has 1 heterocycles. The Bertz CT molecular complexity index is 436. The topological polar surface area (TPSA) is 52.0 Å². The molecule has 0 unspecified atom stereocenters. The van der Waals surface area contributed by atoms with Crippen molar-refractivity contribution in [3.05, 3.63) is 23.8 Å². The Morgan fingerprint density at radius 2 is 1.67 bits per heavy atom. The maximum absolute atomic E-state index is 5.99. The van der Waals surface area contributed by atoms with Crippen LogP contribution in [-0.4, -0.2) is 31.2 Å². The molecule has 1 aliphatic heterocycles. The van der Waals surface area contributed by atoms with Crippen LogP contribution in [0.1, 0.15) is 50.5 Å². The molecule has 21 heavy (non-hydrogen) atoms. The average Bonchev–Trinajstić information content (AvgIpc) is 2.45. The van der Waals surface area contributed by atoms with Crippen LogP contribution in [0.3, 0.4) is 0 Å². The van der Waals surface area contributed by atoms with Gasteiger partial charge in [0.2, 0.25) is 0 Å². The van der Waals surface area contributed by atoms with Crippen molar-refractivity contribution in [3.63, 3.8) is 0 Å². The number of quaternary nitrogens is 1. The van der Waals surface area contributed by atoms with E-state index >= 15 is 0 Å². The second kappa shape index (κ2) is 7.69. The summed E-state index contributed by atoms with van der Waals surface area (Å²) in [6, 6.07) is 5.90. The van der Waals surface area contributed by atoms with E-state index in [1.165, 1.54) is 74.6 Å². The standard InChI is InChI=1S/C18H32N3/c1-21(13-7-4-8-14-21)12-6-3-2-5-9-16-10-11-17(19)15-18(16)20/h10-11,15H,2-9,12-14,19-20H2,1H3/q+1. The quantitative estimate of drug-likeness (QED) is 0.458. The fourth-order valence-electron chi connectivity index (χ4n) is 3.50. The molecule has 0 atom stereocenters. The summed E-state index contributed by atoms with van der Waals surface area (Å²) in [6.07, 6.45) is 10.6. The van der Waals surface area contributed by atoms with Gasteiger partial charge in [0.15, 0.2) is 0 Å². The van der Waals surface area contributed by atoms with Gasteiger partial charge in [0.25, 0.3) is 0 Å². The molecule has 0 bridgehead atoms. The predicted molar refractivity (Wildman–Crippen MR) is 92.1 cm³/mol. The summed E-state index contributed by atoms with van der Waals surface area (Å²) < 4.78 is 1.31. The number of hydrogen-bond acceptors (Lipinski definition) is 2. The molecule has 0 amide bonds. The Morgan fingerprint density at radius 1 is 0.952 bits per heavy atom. The molecule has 0 saturated carbocycles. The van der Waals surface area contributed by atoms with Crippen molar-refractivity contribution >= 4 is 11.4 Å². The van der Waals surface area contributed by atoms with E-state index in [4.69, 9.17) is 11.5 Å². The van der Waals surface area contributed by atoms with Crippen molar-refractivity contribution in [2.45, 2.75) is 51.4 Å². The van der Waals surface area contributed by atoms with Crippen LogP contribution < -0.4 is 11.5 Å². The third kappa shape index (κ3) is 5.24. The summed E-state index contributed by atoms with van der Waals surface area (Å²) in [7, 11) is 2.44. The average molecular weight is 290 g/mol. The van der Waals surface area contributed by atoms with Gasteiger partial charge in [-0.25, -0.2) is 0 Å². The highest BCUT2D eigenvalue weighted by Crippen LogP contribution is 2.20. The first-order chi connectivity index (χ1) is 10.1. The van der Waals surface area contributed by atoms with Crippen molar-refractivity contribution in [1.29, 1.82) is 0 Å². The molecule has 3 nitrogen and oxygen atoms in total. The third-order valence-electron chi connectivity index (χ3n) is 4.96. The number of likely N-dealkylation sites (tertiary alicyclic amines) is 1. The van der Waals surface area contributed by atoms with Gasteiger partial charge in [-0.3, -0.25) is 0 Å². The first-order valence-electron chi connectivity index (χ1n) is 8.56. The second-order valence-electron chi connectivity index (χ2n) is 6.97. The van der Waals surface area contributed by atoms with E-state index in [9.17, 15) is 0 Å². The van der Waals surface area contributed by atoms with Crippen molar-refractivity contribution < 1.29 is 4.48 Å². The predicted octanol–water partition coefficient (Wildman–Crippen LogP) is 3.58. The first kappa shape index (κ1) is 16.2. The number of rotatable bonds is 7. The highest BCUT2D eigenvalue weighted by molar-refractivity contribution is 5.56. The van der Waals surface area contributed by atoms with Gasteiger partial charge in [-0.15, -0.1) is 0 Å². The van der Waals surface area contributed by atoms with E-state index in [-0.39, 0.29) is 0 Å². The molecule has 0 aromatic heterocycles. The highest BCUT2D eigenvalue weighted by Gasteiger charge is 2.23. The summed E-state index contributed by atoms with van der Waals surface area (Å²) in [6.45, 7) is 4.15. The van der Waals surface area contributed by atoms with Gasteiger partial charge in [-0.2, -0.15) is 0 Å². The molecule has 2 rings (SSSR count). The van der Waals surface area contributed by atoms with Crippen molar-refractivity contribution in [3.8, 4) is 0 Å². The lowest BCUT2D eigenvalue weighted by atomic mass is 10.0. The number of nitrogens with two attached hydrogens (primary N) is 2. The van der Waals surface area contributed by atoms with Gasteiger partial charge in [0.1, 0.15) is 0 Å². The third-order valence-corrected chi connectivity index (χ3v) is 4.96. The molecular formula is C18H32N3+. The van der Waals surface area contributed by atoms with Crippen LogP contribution in [-0.2, 0) is 6.42 Å². The number of benzene rings is 1. The summed E-state index contributed by atoms with van der Waals surface area (Å²) in [5, 5.41) is 0. The van der Waals surface area contributed by atoms with Gasteiger partial charge >= 0.3 is 0 Å². The van der Waals surface area contributed by atoms with Gasteiger partial charge in [0.05, 0.1) is 26.7 Å². The van der Waals surface area contributed by atoms with Crippen LogP contribution >= 0.6 is 0 Å². The van der Waals surface area contributed by atoms with Crippen molar-refractivity contribution in [1.82, 2.24) is 0 Å².